The Morgan fingerprint density at radius 2 is 1.64 bits per heavy atom. The van der Waals surface area contributed by atoms with Gasteiger partial charge in [0.25, 0.3) is 0 Å². The quantitative estimate of drug-likeness (QED) is 0.497. The summed E-state index contributed by atoms with van der Waals surface area (Å²) in [5.41, 5.74) is 0. The molecule has 0 saturated heterocycles. The average Bonchev–Trinajstić information content (AvgIpc) is 2.42. The molecule has 0 unspecified atom stereocenters. The number of Topliss-reactive ketones (excluding diaryl/α,β-unsaturated/α-hetero) is 1. The molecule has 22 heavy (non-hydrogen) atoms. The molecule has 0 rings (SSSR count). The van der Waals surface area contributed by atoms with Gasteiger partial charge in [-0.3, -0.25) is 14.4 Å². The predicted molar refractivity (Wildman–Crippen MR) is 87.4 cm³/mol. The fourth-order valence-electron chi connectivity index (χ4n) is 1.97. The molecular formula is C16H31N3O3. The summed E-state index contributed by atoms with van der Waals surface area (Å²) in [7, 11) is 0. The van der Waals surface area contributed by atoms with Crippen molar-refractivity contribution in [2.75, 3.05) is 13.1 Å². The smallest absolute Gasteiger partial charge is 0.234 e. The maximum Gasteiger partial charge on any atom is 0.234 e. The van der Waals surface area contributed by atoms with Crippen LogP contribution in [0.2, 0.25) is 0 Å². The number of amides is 2. The van der Waals surface area contributed by atoms with Crippen LogP contribution in [0.5, 0.6) is 0 Å². The summed E-state index contributed by atoms with van der Waals surface area (Å²) in [4.78, 5) is 34.8. The van der Waals surface area contributed by atoms with E-state index in [2.05, 4.69) is 16.0 Å². The number of carbonyl (C=O) groups excluding carboxylic acids is 3. The molecule has 6 heteroatoms. The minimum atomic E-state index is -0.446. The fraction of sp³-hybridized carbons (Fsp3) is 0.812. The maximum atomic E-state index is 12.2. The van der Waals surface area contributed by atoms with Gasteiger partial charge in [0, 0.05) is 25.4 Å². The largest absolute Gasteiger partial charge is 0.356 e. The van der Waals surface area contributed by atoms with Crippen molar-refractivity contribution in [1.82, 2.24) is 16.0 Å². The van der Waals surface area contributed by atoms with E-state index in [0.29, 0.717) is 13.0 Å². The molecule has 0 aromatic heterocycles. The van der Waals surface area contributed by atoms with E-state index in [1.54, 1.807) is 0 Å². The third-order valence-electron chi connectivity index (χ3n) is 3.21. The van der Waals surface area contributed by atoms with Gasteiger partial charge in [0.15, 0.2) is 5.78 Å². The van der Waals surface area contributed by atoms with Gasteiger partial charge in [-0.05, 0) is 19.3 Å². The van der Waals surface area contributed by atoms with Crippen LogP contribution in [-0.2, 0) is 14.4 Å². The number of rotatable bonds is 11. The van der Waals surface area contributed by atoms with Crippen LogP contribution in [0.25, 0.3) is 0 Å². The minimum absolute atomic E-state index is 0.0529. The number of carbonyl (C=O) groups is 3. The lowest BCUT2D eigenvalue weighted by Gasteiger charge is -2.20. The number of nitrogens with one attached hydrogen (secondary N) is 3. The van der Waals surface area contributed by atoms with E-state index in [1.807, 2.05) is 27.7 Å². The third-order valence-corrected chi connectivity index (χ3v) is 3.21. The molecule has 0 aromatic rings. The minimum Gasteiger partial charge on any atom is -0.356 e. The first kappa shape index (κ1) is 20.6. The van der Waals surface area contributed by atoms with Crippen LogP contribution >= 0.6 is 0 Å². The molecule has 0 aliphatic rings. The van der Waals surface area contributed by atoms with Crippen molar-refractivity contribution < 1.29 is 14.4 Å². The van der Waals surface area contributed by atoms with Crippen LogP contribution in [0.1, 0.15) is 53.9 Å². The second-order valence-corrected chi connectivity index (χ2v) is 6.19. The van der Waals surface area contributed by atoms with Gasteiger partial charge in [-0.2, -0.15) is 0 Å². The molecule has 0 spiro atoms. The zero-order chi connectivity index (χ0) is 17.1. The molecule has 0 aliphatic carbocycles. The second kappa shape index (κ2) is 11.2. The van der Waals surface area contributed by atoms with E-state index in [1.165, 1.54) is 6.92 Å². The molecule has 0 bridgehead atoms. The Morgan fingerprint density at radius 3 is 2.14 bits per heavy atom. The van der Waals surface area contributed by atoms with E-state index in [-0.39, 0.29) is 36.1 Å². The van der Waals surface area contributed by atoms with Crippen molar-refractivity contribution >= 4 is 17.6 Å². The van der Waals surface area contributed by atoms with Crippen molar-refractivity contribution in [3.05, 3.63) is 0 Å². The van der Waals surface area contributed by atoms with E-state index >= 15 is 0 Å². The highest BCUT2D eigenvalue weighted by Crippen LogP contribution is 2.07. The van der Waals surface area contributed by atoms with E-state index in [9.17, 15) is 14.4 Å². The lowest BCUT2D eigenvalue weighted by Crippen LogP contribution is -2.46. The summed E-state index contributed by atoms with van der Waals surface area (Å²) in [6, 6.07) is -0.221. The molecule has 0 radical (unpaired) electrons. The molecule has 0 aliphatic heterocycles. The van der Waals surface area contributed by atoms with Crippen LogP contribution in [-0.4, -0.2) is 42.8 Å². The molecular weight excluding hydrogens is 282 g/mol. The number of hydrogen-bond acceptors (Lipinski definition) is 4. The Bertz CT molecular complexity index is 368. The first-order valence-electron chi connectivity index (χ1n) is 8.05. The van der Waals surface area contributed by atoms with Crippen molar-refractivity contribution in [2.24, 2.45) is 5.92 Å². The first-order valence-corrected chi connectivity index (χ1v) is 8.05. The van der Waals surface area contributed by atoms with E-state index in [4.69, 9.17) is 0 Å². The van der Waals surface area contributed by atoms with E-state index < -0.39 is 6.04 Å². The number of unbranched alkanes of at least 4 members (excludes halogenated alkanes) is 1. The van der Waals surface area contributed by atoms with Crippen LogP contribution in [0.3, 0.4) is 0 Å². The summed E-state index contributed by atoms with van der Waals surface area (Å²) in [5, 5.41) is 8.58. The Kier molecular flexibility index (Phi) is 10.5. The fourth-order valence-corrected chi connectivity index (χ4v) is 1.97. The van der Waals surface area contributed by atoms with Crippen LogP contribution in [0.4, 0.5) is 0 Å². The molecule has 128 valence electrons. The monoisotopic (exact) mass is 313 g/mol. The number of ketones is 1. The molecule has 0 fully saturated rings. The summed E-state index contributed by atoms with van der Waals surface area (Å²) < 4.78 is 0. The molecule has 0 heterocycles. The summed E-state index contributed by atoms with van der Waals surface area (Å²) in [6.45, 7) is 9.90. The van der Waals surface area contributed by atoms with Gasteiger partial charge in [-0.25, -0.2) is 0 Å². The Labute approximate surface area is 133 Å². The maximum absolute atomic E-state index is 12.2. The van der Waals surface area contributed by atoms with Crippen molar-refractivity contribution in [1.29, 1.82) is 0 Å². The van der Waals surface area contributed by atoms with Gasteiger partial charge in [0.2, 0.25) is 11.8 Å². The van der Waals surface area contributed by atoms with Gasteiger partial charge in [0.1, 0.15) is 0 Å². The highest BCUT2D eigenvalue weighted by atomic mass is 16.2. The lowest BCUT2D eigenvalue weighted by molar-refractivity contribution is -0.129. The lowest BCUT2D eigenvalue weighted by atomic mass is 9.97. The number of hydrogen-bond donors (Lipinski definition) is 3. The second-order valence-electron chi connectivity index (χ2n) is 6.19. The van der Waals surface area contributed by atoms with Gasteiger partial charge >= 0.3 is 0 Å². The van der Waals surface area contributed by atoms with Gasteiger partial charge in [-0.15, -0.1) is 0 Å². The molecule has 0 saturated carbocycles. The van der Waals surface area contributed by atoms with E-state index in [0.717, 1.165) is 12.8 Å². The van der Waals surface area contributed by atoms with Gasteiger partial charge < -0.3 is 16.0 Å². The normalized spacial score (nSPS) is 12.3. The molecule has 6 nitrogen and oxygen atoms in total. The highest BCUT2D eigenvalue weighted by molar-refractivity contribution is 5.90. The topological polar surface area (TPSA) is 87.3 Å². The highest BCUT2D eigenvalue weighted by Gasteiger charge is 2.22. The molecule has 3 N–H and O–H groups in total. The Hall–Kier alpha value is -1.43. The van der Waals surface area contributed by atoms with Crippen molar-refractivity contribution in [3.63, 3.8) is 0 Å². The molecule has 0 aromatic carbocycles. The molecule has 2 amide bonds. The van der Waals surface area contributed by atoms with Gasteiger partial charge in [-0.1, -0.05) is 27.7 Å². The Balaban J connectivity index is 4.29. The summed E-state index contributed by atoms with van der Waals surface area (Å²) in [6.07, 6.45) is 2.17. The van der Waals surface area contributed by atoms with Gasteiger partial charge in [0.05, 0.1) is 12.6 Å². The van der Waals surface area contributed by atoms with Crippen molar-refractivity contribution in [3.8, 4) is 0 Å². The zero-order valence-electron chi connectivity index (χ0n) is 14.5. The zero-order valence-corrected chi connectivity index (χ0v) is 14.5. The third kappa shape index (κ3) is 10.3. The predicted octanol–water partition coefficient (Wildman–Crippen LogP) is 1.00. The Morgan fingerprint density at radius 1 is 1.00 bits per heavy atom. The van der Waals surface area contributed by atoms with Crippen LogP contribution < -0.4 is 16.0 Å². The summed E-state index contributed by atoms with van der Waals surface area (Å²) >= 11 is 0. The van der Waals surface area contributed by atoms with Crippen LogP contribution in [0, 0.1) is 5.92 Å². The van der Waals surface area contributed by atoms with Crippen molar-refractivity contribution in [2.45, 2.75) is 66.0 Å². The van der Waals surface area contributed by atoms with Crippen LogP contribution in [0.15, 0.2) is 0 Å². The SMILES string of the molecule is CC(=O)NCCCC[C@H](NC(=O)CNC(C)C)C(=O)C(C)C. The molecule has 1 atom stereocenters. The summed E-state index contributed by atoms with van der Waals surface area (Å²) in [5.74, 6) is -0.270. The first-order chi connectivity index (χ1) is 10.2. The standard InChI is InChI=1S/C16H31N3O3/c1-11(2)16(22)14(8-6-7-9-17-13(5)20)19-15(21)10-18-12(3)4/h11-12,14,18H,6-10H2,1-5H3,(H,17,20)(H,19,21)/t14-/m0/s1. The average molecular weight is 313 g/mol.